The van der Waals surface area contributed by atoms with Gasteiger partial charge in [0.25, 0.3) is 0 Å². The van der Waals surface area contributed by atoms with Gasteiger partial charge in [-0.25, -0.2) is 9.98 Å². The Morgan fingerprint density at radius 3 is 3.00 bits per heavy atom. The molecule has 8 heteroatoms. The molecule has 1 aromatic heterocycles. The molecule has 1 aliphatic heterocycles. The highest BCUT2D eigenvalue weighted by Gasteiger charge is 2.28. The highest BCUT2D eigenvalue weighted by molar-refractivity contribution is 5.78. The number of aliphatic imine (C=N–C) groups is 1. The summed E-state index contributed by atoms with van der Waals surface area (Å²) in [5.41, 5.74) is 6.69. The normalized spacial score (nSPS) is 19.7. The molecule has 5 nitrogen and oxygen atoms in total. The van der Waals surface area contributed by atoms with Crippen molar-refractivity contribution in [3.63, 3.8) is 0 Å². The van der Waals surface area contributed by atoms with E-state index in [0.717, 1.165) is 19.5 Å². The second kappa shape index (κ2) is 7.52. The lowest BCUT2D eigenvalue weighted by Gasteiger charge is -2.31. The molecular formula is C15H21F3N4O. The maximum absolute atomic E-state index is 12.1. The average Bonchev–Trinajstić information content (AvgIpc) is 2.50. The van der Waals surface area contributed by atoms with Gasteiger partial charge in [0.2, 0.25) is 5.88 Å². The van der Waals surface area contributed by atoms with Gasteiger partial charge >= 0.3 is 6.18 Å². The molecule has 1 unspecified atom stereocenters. The van der Waals surface area contributed by atoms with E-state index in [4.69, 9.17) is 5.73 Å². The van der Waals surface area contributed by atoms with Crippen LogP contribution in [0.25, 0.3) is 0 Å². The second-order valence-corrected chi connectivity index (χ2v) is 5.77. The zero-order chi connectivity index (χ0) is 16.9. The number of hydrogen-bond acceptors (Lipinski definition) is 3. The summed E-state index contributed by atoms with van der Waals surface area (Å²) < 4.78 is 41.0. The molecule has 1 fully saturated rings. The van der Waals surface area contributed by atoms with Gasteiger partial charge in [0.05, 0.1) is 6.54 Å². The van der Waals surface area contributed by atoms with Crippen LogP contribution in [0.1, 0.15) is 25.3 Å². The number of likely N-dealkylation sites (tertiary alicyclic amines) is 1. The summed E-state index contributed by atoms with van der Waals surface area (Å²) in [4.78, 5) is 10.1. The van der Waals surface area contributed by atoms with Gasteiger partial charge in [-0.15, -0.1) is 0 Å². The predicted molar refractivity (Wildman–Crippen MR) is 81.1 cm³/mol. The minimum Gasteiger partial charge on any atom is -0.468 e. The van der Waals surface area contributed by atoms with Gasteiger partial charge in [0.1, 0.15) is 0 Å². The van der Waals surface area contributed by atoms with E-state index in [9.17, 15) is 13.2 Å². The zero-order valence-electron chi connectivity index (χ0n) is 13.0. The van der Waals surface area contributed by atoms with E-state index >= 15 is 0 Å². The van der Waals surface area contributed by atoms with Crippen LogP contribution < -0.4 is 10.5 Å². The van der Waals surface area contributed by atoms with Gasteiger partial charge < -0.3 is 15.4 Å². The molecule has 0 aromatic carbocycles. The number of piperidine rings is 1. The van der Waals surface area contributed by atoms with Crippen LogP contribution in [0.15, 0.2) is 23.3 Å². The van der Waals surface area contributed by atoms with Gasteiger partial charge in [0.15, 0.2) is 12.6 Å². The number of alkyl halides is 3. The van der Waals surface area contributed by atoms with Crippen LogP contribution in [0.2, 0.25) is 0 Å². The molecule has 1 saturated heterocycles. The summed E-state index contributed by atoms with van der Waals surface area (Å²) in [6, 6.07) is 3.12. The van der Waals surface area contributed by atoms with E-state index < -0.39 is 12.8 Å². The van der Waals surface area contributed by atoms with Gasteiger partial charge in [-0.1, -0.05) is 6.92 Å². The molecule has 0 amide bonds. The Kier molecular flexibility index (Phi) is 5.68. The van der Waals surface area contributed by atoms with Crippen molar-refractivity contribution in [2.45, 2.75) is 32.5 Å². The van der Waals surface area contributed by atoms with Crippen molar-refractivity contribution in [3.05, 3.63) is 23.9 Å². The molecule has 2 heterocycles. The van der Waals surface area contributed by atoms with E-state index in [-0.39, 0.29) is 12.4 Å². The number of guanidine groups is 1. The monoisotopic (exact) mass is 330 g/mol. The molecule has 0 aliphatic carbocycles. The van der Waals surface area contributed by atoms with Crippen LogP contribution in [0.4, 0.5) is 13.2 Å². The lowest BCUT2D eigenvalue weighted by molar-refractivity contribution is -0.154. The first-order valence-electron chi connectivity index (χ1n) is 7.53. The SMILES string of the molecule is CC1CCCN(C(N)=NCc2ccnc(OCC(F)(F)F)c2)C1. The van der Waals surface area contributed by atoms with Crippen LogP contribution >= 0.6 is 0 Å². The Morgan fingerprint density at radius 1 is 1.52 bits per heavy atom. The minimum absolute atomic E-state index is 0.0693. The molecule has 0 bridgehead atoms. The number of hydrogen-bond donors (Lipinski definition) is 1. The van der Waals surface area contributed by atoms with Crippen LogP contribution in [-0.2, 0) is 6.54 Å². The standard InChI is InChI=1S/C15H21F3N4O/c1-11-3-2-6-22(9-11)14(19)21-8-12-4-5-20-13(7-12)23-10-15(16,17)18/h4-5,7,11H,2-3,6,8-10H2,1H3,(H2,19,21). The van der Waals surface area contributed by atoms with Crippen molar-refractivity contribution >= 4 is 5.96 Å². The maximum Gasteiger partial charge on any atom is 0.422 e. The van der Waals surface area contributed by atoms with E-state index in [0.29, 0.717) is 17.4 Å². The summed E-state index contributed by atoms with van der Waals surface area (Å²) in [5, 5.41) is 0. The number of rotatable bonds is 4. The fourth-order valence-electron chi connectivity index (χ4n) is 2.45. The van der Waals surface area contributed by atoms with Crippen molar-refractivity contribution < 1.29 is 17.9 Å². The second-order valence-electron chi connectivity index (χ2n) is 5.77. The first kappa shape index (κ1) is 17.4. The van der Waals surface area contributed by atoms with Crippen LogP contribution in [0.3, 0.4) is 0 Å². The van der Waals surface area contributed by atoms with Gasteiger partial charge in [-0.3, -0.25) is 0 Å². The number of ether oxygens (including phenoxy) is 1. The molecule has 23 heavy (non-hydrogen) atoms. The molecule has 1 atom stereocenters. The topological polar surface area (TPSA) is 63.7 Å². The van der Waals surface area contributed by atoms with Gasteiger partial charge in [-0.05, 0) is 30.4 Å². The Labute approximate surface area is 133 Å². The zero-order valence-corrected chi connectivity index (χ0v) is 13.0. The summed E-state index contributed by atoms with van der Waals surface area (Å²) in [6.07, 6.45) is -0.711. The van der Waals surface area contributed by atoms with Crippen molar-refractivity contribution in [2.75, 3.05) is 19.7 Å². The quantitative estimate of drug-likeness (QED) is 0.681. The molecule has 0 spiro atoms. The van der Waals surface area contributed by atoms with Crippen molar-refractivity contribution in [1.29, 1.82) is 0 Å². The van der Waals surface area contributed by atoms with Gasteiger partial charge in [-0.2, -0.15) is 13.2 Å². The third-order valence-corrected chi connectivity index (χ3v) is 3.59. The molecule has 1 aliphatic rings. The third kappa shape index (κ3) is 5.96. The molecule has 2 N–H and O–H groups in total. The van der Waals surface area contributed by atoms with Crippen LogP contribution in [-0.4, -0.2) is 41.7 Å². The van der Waals surface area contributed by atoms with E-state index in [2.05, 4.69) is 21.6 Å². The molecule has 1 aromatic rings. The molecule has 2 rings (SSSR count). The fraction of sp³-hybridized carbons (Fsp3) is 0.600. The number of pyridine rings is 1. The maximum atomic E-state index is 12.1. The average molecular weight is 330 g/mol. The third-order valence-electron chi connectivity index (χ3n) is 3.59. The molecule has 0 radical (unpaired) electrons. The first-order valence-corrected chi connectivity index (χ1v) is 7.53. The van der Waals surface area contributed by atoms with Gasteiger partial charge in [0, 0.05) is 25.4 Å². The lowest BCUT2D eigenvalue weighted by Crippen LogP contribution is -2.43. The fourth-order valence-corrected chi connectivity index (χ4v) is 2.45. The highest BCUT2D eigenvalue weighted by Crippen LogP contribution is 2.18. The number of halogens is 3. The number of nitrogens with zero attached hydrogens (tertiary/aromatic N) is 3. The highest BCUT2D eigenvalue weighted by atomic mass is 19.4. The molecular weight excluding hydrogens is 309 g/mol. The minimum atomic E-state index is -4.38. The lowest BCUT2D eigenvalue weighted by atomic mass is 10.0. The largest absolute Gasteiger partial charge is 0.468 e. The molecule has 0 saturated carbocycles. The number of nitrogens with two attached hydrogens (primary N) is 1. The number of aromatic nitrogens is 1. The predicted octanol–water partition coefficient (Wildman–Crippen LogP) is 2.57. The first-order chi connectivity index (χ1) is 10.8. The van der Waals surface area contributed by atoms with Crippen LogP contribution in [0.5, 0.6) is 5.88 Å². The van der Waals surface area contributed by atoms with E-state index in [1.54, 1.807) is 6.07 Å². The van der Waals surface area contributed by atoms with E-state index in [1.165, 1.54) is 18.7 Å². The summed E-state index contributed by atoms with van der Waals surface area (Å²) in [6.45, 7) is 2.86. The Hall–Kier alpha value is -1.99. The van der Waals surface area contributed by atoms with Crippen molar-refractivity contribution in [1.82, 2.24) is 9.88 Å². The van der Waals surface area contributed by atoms with Crippen molar-refractivity contribution in [3.8, 4) is 5.88 Å². The Morgan fingerprint density at radius 2 is 2.30 bits per heavy atom. The smallest absolute Gasteiger partial charge is 0.422 e. The molecule has 128 valence electrons. The Bertz CT molecular complexity index is 548. The van der Waals surface area contributed by atoms with E-state index in [1.807, 2.05) is 4.90 Å². The Balaban J connectivity index is 1.93. The summed E-state index contributed by atoms with van der Waals surface area (Å²) >= 11 is 0. The summed E-state index contributed by atoms with van der Waals surface area (Å²) in [7, 11) is 0. The van der Waals surface area contributed by atoms with Crippen LogP contribution in [0, 0.1) is 5.92 Å². The summed E-state index contributed by atoms with van der Waals surface area (Å²) in [5.74, 6) is 0.979. The van der Waals surface area contributed by atoms with Crippen molar-refractivity contribution in [2.24, 2.45) is 16.6 Å².